The molecule has 30 heavy (non-hydrogen) atoms. The molecule has 6 nitrogen and oxygen atoms in total. The van der Waals surface area contributed by atoms with Crippen molar-refractivity contribution in [2.75, 3.05) is 5.32 Å². The minimum absolute atomic E-state index is 0.103. The van der Waals surface area contributed by atoms with Gasteiger partial charge >= 0.3 is 0 Å². The summed E-state index contributed by atoms with van der Waals surface area (Å²) >= 11 is 0. The van der Waals surface area contributed by atoms with E-state index in [0.29, 0.717) is 16.9 Å². The molecule has 0 radical (unpaired) electrons. The highest BCUT2D eigenvalue weighted by Gasteiger charge is 2.25. The molecule has 2 heterocycles. The van der Waals surface area contributed by atoms with E-state index in [1.807, 2.05) is 0 Å². The van der Waals surface area contributed by atoms with Crippen LogP contribution in [0.5, 0.6) is 11.8 Å². The smallest absolute Gasteiger partial charge is 0.194 e. The van der Waals surface area contributed by atoms with Gasteiger partial charge in [-0.3, -0.25) is 4.57 Å². The molecule has 0 saturated heterocycles. The van der Waals surface area contributed by atoms with Crippen molar-refractivity contribution in [3.05, 3.63) is 66.0 Å². The van der Waals surface area contributed by atoms with Gasteiger partial charge in [-0.2, -0.15) is 0 Å². The lowest BCUT2D eigenvalue weighted by Crippen LogP contribution is -2.06. The summed E-state index contributed by atoms with van der Waals surface area (Å²) in [5.74, 6) is -1.29. The first-order valence-corrected chi connectivity index (χ1v) is 9.57. The summed E-state index contributed by atoms with van der Waals surface area (Å²) in [6.45, 7) is 0.146. The van der Waals surface area contributed by atoms with Crippen LogP contribution < -0.4 is 5.32 Å². The molecule has 5 rings (SSSR count). The standard InChI is InChI=1S/C22H18F2N4O2/c23-15-9-16-20(22(26-11-25-16)27-14-4-5-14)21(24)19(15)13-3-1-2-12(8-13)10-28-17(29)6-7-18(28)30/h1-3,6-9,11,14,29-30H,4-5,10H2,(H,25,26,27). The fourth-order valence-electron chi connectivity index (χ4n) is 3.56. The number of aromatic nitrogens is 3. The molecule has 4 aromatic rings. The molecule has 0 atom stereocenters. The molecule has 0 bridgehead atoms. The van der Waals surface area contributed by atoms with Gasteiger partial charge in [0.1, 0.15) is 23.8 Å². The fourth-order valence-corrected chi connectivity index (χ4v) is 3.56. The maximum atomic E-state index is 15.5. The Morgan fingerprint density at radius 1 is 1.03 bits per heavy atom. The second kappa shape index (κ2) is 6.98. The number of hydrogen-bond donors (Lipinski definition) is 3. The molecule has 2 aromatic heterocycles. The largest absolute Gasteiger partial charge is 0.494 e. The van der Waals surface area contributed by atoms with Crippen LogP contribution >= 0.6 is 0 Å². The third kappa shape index (κ3) is 3.20. The van der Waals surface area contributed by atoms with Gasteiger partial charge in [0.15, 0.2) is 11.8 Å². The van der Waals surface area contributed by atoms with Gasteiger partial charge in [0, 0.05) is 24.2 Å². The van der Waals surface area contributed by atoms with Crippen LogP contribution in [0.3, 0.4) is 0 Å². The van der Waals surface area contributed by atoms with Crippen LogP contribution in [0.25, 0.3) is 22.0 Å². The zero-order valence-electron chi connectivity index (χ0n) is 15.8. The lowest BCUT2D eigenvalue weighted by molar-refractivity contribution is 0.377. The average molecular weight is 408 g/mol. The topological polar surface area (TPSA) is 83.2 Å². The fraction of sp³-hybridized carbons (Fsp3) is 0.182. The molecule has 0 aliphatic heterocycles. The molecule has 8 heteroatoms. The predicted octanol–water partition coefficient (Wildman–Crippen LogP) is 4.41. The summed E-state index contributed by atoms with van der Waals surface area (Å²) in [7, 11) is 0. The minimum atomic E-state index is -0.724. The van der Waals surface area contributed by atoms with E-state index < -0.39 is 11.6 Å². The SMILES string of the molecule is Oc1ccc(O)n1Cc1cccc(-c2c(F)cc3ncnc(NC4CC4)c3c2F)c1. The highest BCUT2D eigenvalue weighted by atomic mass is 19.1. The van der Waals surface area contributed by atoms with Gasteiger partial charge in [0.25, 0.3) is 0 Å². The quantitative estimate of drug-likeness (QED) is 0.456. The van der Waals surface area contributed by atoms with E-state index in [0.717, 1.165) is 12.8 Å². The van der Waals surface area contributed by atoms with E-state index in [4.69, 9.17) is 0 Å². The maximum absolute atomic E-state index is 15.5. The van der Waals surface area contributed by atoms with Gasteiger partial charge < -0.3 is 15.5 Å². The lowest BCUT2D eigenvalue weighted by atomic mass is 9.99. The Balaban J connectivity index is 1.60. The number of benzene rings is 2. The van der Waals surface area contributed by atoms with Gasteiger partial charge in [-0.1, -0.05) is 18.2 Å². The zero-order chi connectivity index (χ0) is 20.8. The van der Waals surface area contributed by atoms with Gasteiger partial charge in [-0.25, -0.2) is 18.7 Å². The van der Waals surface area contributed by atoms with Crippen molar-refractivity contribution in [3.8, 4) is 22.9 Å². The molecule has 1 aliphatic rings. The lowest BCUT2D eigenvalue weighted by Gasteiger charge is -2.13. The van der Waals surface area contributed by atoms with E-state index in [1.54, 1.807) is 24.3 Å². The third-order valence-electron chi connectivity index (χ3n) is 5.23. The Bertz CT molecular complexity index is 1250. The van der Waals surface area contributed by atoms with Crippen LogP contribution in [0.2, 0.25) is 0 Å². The van der Waals surface area contributed by atoms with Crippen molar-refractivity contribution in [2.45, 2.75) is 25.4 Å². The third-order valence-corrected chi connectivity index (χ3v) is 5.23. The number of hydrogen-bond acceptors (Lipinski definition) is 5. The van der Waals surface area contributed by atoms with E-state index >= 15 is 4.39 Å². The minimum Gasteiger partial charge on any atom is -0.494 e. The number of nitrogens with zero attached hydrogens (tertiary/aromatic N) is 3. The second-order valence-corrected chi connectivity index (χ2v) is 7.42. The molecule has 1 aliphatic carbocycles. The van der Waals surface area contributed by atoms with Crippen LogP contribution in [-0.2, 0) is 6.54 Å². The van der Waals surface area contributed by atoms with Crippen LogP contribution in [0, 0.1) is 11.6 Å². The van der Waals surface area contributed by atoms with Crippen molar-refractivity contribution in [1.82, 2.24) is 14.5 Å². The van der Waals surface area contributed by atoms with Gasteiger partial charge in [-0.05, 0) is 30.0 Å². The molecule has 0 spiro atoms. The summed E-state index contributed by atoms with van der Waals surface area (Å²) < 4.78 is 31.7. The van der Waals surface area contributed by atoms with Gasteiger partial charge in [-0.15, -0.1) is 0 Å². The van der Waals surface area contributed by atoms with Crippen molar-refractivity contribution >= 4 is 16.7 Å². The van der Waals surface area contributed by atoms with Gasteiger partial charge in [0.05, 0.1) is 23.0 Å². The molecule has 3 N–H and O–H groups in total. The Morgan fingerprint density at radius 3 is 2.53 bits per heavy atom. The summed E-state index contributed by atoms with van der Waals surface area (Å²) in [4.78, 5) is 8.18. The number of anilines is 1. The molecule has 0 unspecified atom stereocenters. The summed E-state index contributed by atoms with van der Waals surface area (Å²) in [6.07, 6.45) is 3.27. The molecular weight excluding hydrogens is 390 g/mol. The maximum Gasteiger partial charge on any atom is 0.194 e. The van der Waals surface area contributed by atoms with Crippen molar-refractivity contribution < 1.29 is 19.0 Å². The number of aromatic hydroxyl groups is 2. The first-order chi connectivity index (χ1) is 14.5. The Morgan fingerprint density at radius 2 is 1.80 bits per heavy atom. The number of fused-ring (bicyclic) bond motifs is 1. The predicted molar refractivity (Wildman–Crippen MR) is 108 cm³/mol. The summed E-state index contributed by atoms with van der Waals surface area (Å²) in [6, 6.07) is 10.9. The number of halogens is 2. The van der Waals surface area contributed by atoms with Crippen molar-refractivity contribution in [1.29, 1.82) is 0 Å². The van der Waals surface area contributed by atoms with Crippen molar-refractivity contribution in [2.24, 2.45) is 0 Å². The zero-order valence-corrected chi connectivity index (χ0v) is 15.8. The van der Waals surface area contributed by atoms with Crippen LogP contribution in [0.15, 0.2) is 48.8 Å². The number of rotatable bonds is 5. The normalized spacial score (nSPS) is 13.7. The number of nitrogens with one attached hydrogen (secondary N) is 1. The molecule has 1 saturated carbocycles. The highest BCUT2D eigenvalue weighted by Crippen LogP contribution is 2.36. The Kier molecular flexibility index (Phi) is 4.27. The Labute approximate surface area is 170 Å². The van der Waals surface area contributed by atoms with E-state index in [2.05, 4.69) is 15.3 Å². The van der Waals surface area contributed by atoms with E-state index in [9.17, 15) is 14.6 Å². The molecule has 1 fully saturated rings. The summed E-state index contributed by atoms with van der Waals surface area (Å²) in [5, 5.41) is 23.0. The first-order valence-electron chi connectivity index (χ1n) is 9.57. The van der Waals surface area contributed by atoms with Crippen LogP contribution in [0.4, 0.5) is 14.6 Å². The van der Waals surface area contributed by atoms with Gasteiger partial charge in [0.2, 0.25) is 0 Å². The van der Waals surface area contributed by atoms with E-state index in [1.165, 1.54) is 29.1 Å². The Hall–Kier alpha value is -3.68. The molecule has 2 aromatic carbocycles. The van der Waals surface area contributed by atoms with E-state index in [-0.39, 0.29) is 40.8 Å². The highest BCUT2D eigenvalue weighted by molar-refractivity contribution is 5.93. The van der Waals surface area contributed by atoms with Crippen molar-refractivity contribution in [3.63, 3.8) is 0 Å². The van der Waals surface area contributed by atoms with Crippen LogP contribution in [-0.4, -0.2) is 30.8 Å². The first kappa shape index (κ1) is 18.4. The van der Waals surface area contributed by atoms with Crippen LogP contribution in [0.1, 0.15) is 18.4 Å². The molecule has 152 valence electrons. The molecular formula is C22H18F2N4O2. The summed E-state index contributed by atoms with van der Waals surface area (Å²) in [5.41, 5.74) is 1.04. The monoisotopic (exact) mass is 408 g/mol. The second-order valence-electron chi connectivity index (χ2n) is 7.42. The average Bonchev–Trinajstić information content (AvgIpc) is 3.48. The molecule has 0 amide bonds.